The number of carbonyl (C=O) groups excluding carboxylic acids is 1. The van der Waals surface area contributed by atoms with Gasteiger partial charge in [0.1, 0.15) is 0 Å². The Morgan fingerprint density at radius 1 is 1.38 bits per heavy atom. The zero-order valence-electron chi connectivity index (χ0n) is 9.72. The van der Waals surface area contributed by atoms with Gasteiger partial charge in [0.15, 0.2) is 6.29 Å². The molecule has 1 aromatic carbocycles. The second-order valence-electron chi connectivity index (χ2n) is 4.32. The molecule has 0 spiro atoms. The monoisotopic (exact) mass is 219 g/mol. The molecule has 0 N–H and O–H groups in total. The largest absolute Gasteiger partial charge is 0.375 e. The van der Waals surface area contributed by atoms with E-state index in [1.165, 1.54) is 0 Å². The van der Waals surface area contributed by atoms with Gasteiger partial charge in [-0.2, -0.15) is 0 Å². The van der Waals surface area contributed by atoms with Gasteiger partial charge < -0.3 is 9.64 Å². The lowest BCUT2D eigenvalue weighted by atomic mass is 10.1. The van der Waals surface area contributed by atoms with Crippen LogP contribution in [0.3, 0.4) is 0 Å². The highest BCUT2D eigenvalue weighted by Crippen LogP contribution is 2.24. The first-order valence-electron chi connectivity index (χ1n) is 5.65. The third kappa shape index (κ3) is 2.09. The Morgan fingerprint density at radius 3 is 2.88 bits per heavy atom. The Kier molecular flexibility index (Phi) is 3.25. The van der Waals surface area contributed by atoms with E-state index in [0.29, 0.717) is 12.6 Å². The molecule has 16 heavy (non-hydrogen) atoms. The molecule has 86 valence electrons. The van der Waals surface area contributed by atoms with Gasteiger partial charge in [-0.15, -0.1) is 0 Å². The van der Waals surface area contributed by atoms with Crippen LogP contribution in [0.2, 0.25) is 0 Å². The number of para-hydroxylation sites is 1. The Bertz CT molecular complexity index is 378. The summed E-state index contributed by atoms with van der Waals surface area (Å²) in [5, 5.41) is 0. The highest BCUT2D eigenvalue weighted by atomic mass is 16.5. The van der Waals surface area contributed by atoms with Crippen LogP contribution in [0.25, 0.3) is 0 Å². The lowest BCUT2D eigenvalue weighted by molar-refractivity contribution is 0.0343. The predicted molar refractivity (Wildman–Crippen MR) is 64.1 cm³/mol. The number of rotatable bonds is 2. The minimum absolute atomic E-state index is 0.218. The van der Waals surface area contributed by atoms with E-state index < -0.39 is 0 Å². The summed E-state index contributed by atoms with van der Waals surface area (Å²) in [7, 11) is 0. The van der Waals surface area contributed by atoms with Gasteiger partial charge in [-0.3, -0.25) is 4.79 Å². The van der Waals surface area contributed by atoms with E-state index in [9.17, 15) is 4.79 Å². The number of morpholine rings is 1. The summed E-state index contributed by atoms with van der Waals surface area (Å²) >= 11 is 0. The van der Waals surface area contributed by atoms with Gasteiger partial charge in [0, 0.05) is 23.8 Å². The molecule has 1 fully saturated rings. The van der Waals surface area contributed by atoms with Gasteiger partial charge >= 0.3 is 0 Å². The maximum atomic E-state index is 11.0. The molecule has 2 atom stereocenters. The second-order valence-corrected chi connectivity index (χ2v) is 4.32. The molecule has 0 aliphatic carbocycles. The van der Waals surface area contributed by atoms with Crippen molar-refractivity contribution in [3.8, 4) is 0 Å². The molecule has 1 saturated heterocycles. The molecule has 2 rings (SSSR count). The SMILES string of the molecule is CC1CN(c2ccccc2C=O)C(C)CO1. The molecule has 0 saturated carbocycles. The number of carbonyl (C=O) groups is 1. The van der Waals surface area contributed by atoms with Crippen LogP contribution in [0.15, 0.2) is 24.3 Å². The van der Waals surface area contributed by atoms with Crippen molar-refractivity contribution in [1.82, 2.24) is 0 Å². The summed E-state index contributed by atoms with van der Waals surface area (Å²) in [6, 6.07) is 8.03. The standard InChI is InChI=1S/C13H17NO2/c1-10-9-16-11(2)7-14(10)13-6-4-3-5-12(13)8-15/h3-6,8,10-11H,7,9H2,1-2H3. The third-order valence-electron chi connectivity index (χ3n) is 2.98. The minimum Gasteiger partial charge on any atom is -0.375 e. The van der Waals surface area contributed by atoms with E-state index in [1.807, 2.05) is 24.3 Å². The van der Waals surface area contributed by atoms with E-state index in [-0.39, 0.29) is 6.10 Å². The molecule has 0 radical (unpaired) electrons. The zero-order chi connectivity index (χ0) is 11.5. The van der Waals surface area contributed by atoms with Crippen LogP contribution in [0.4, 0.5) is 5.69 Å². The third-order valence-corrected chi connectivity index (χ3v) is 2.98. The van der Waals surface area contributed by atoms with Crippen molar-refractivity contribution >= 4 is 12.0 Å². The van der Waals surface area contributed by atoms with Crippen molar-refractivity contribution in [2.24, 2.45) is 0 Å². The summed E-state index contributed by atoms with van der Waals surface area (Å²) in [6.45, 7) is 5.73. The van der Waals surface area contributed by atoms with Crippen molar-refractivity contribution in [2.45, 2.75) is 26.0 Å². The summed E-state index contributed by atoms with van der Waals surface area (Å²) < 4.78 is 5.59. The Balaban J connectivity index is 2.30. The maximum absolute atomic E-state index is 11.0. The van der Waals surface area contributed by atoms with Crippen LogP contribution in [-0.4, -0.2) is 31.6 Å². The molecule has 0 aromatic heterocycles. The Morgan fingerprint density at radius 2 is 2.12 bits per heavy atom. The molecule has 3 heteroatoms. The van der Waals surface area contributed by atoms with E-state index >= 15 is 0 Å². The lowest BCUT2D eigenvalue weighted by Gasteiger charge is -2.39. The Hall–Kier alpha value is -1.35. The van der Waals surface area contributed by atoms with Crippen molar-refractivity contribution in [3.05, 3.63) is 29.8 Å². The summed E-state index contributed by atoms with van der Waals surface area (Å²) in [6.07, 6.45) is 1.14. The van der Waals surface area contributed by atoms with Crippen LogP contribution in [0, 0.1) is 0 Å². The van der Waals surface area contributed by atoms with Crippen LogP contribution in [0.5, 0.6) is 0 Å². The van der Waals surface area contributed by atoms with Gasteiger partial charge in [-0.25, -0.2) is 0 Å². The highest BCUT2D eigenvalue weighted by Gasteiger charge is 2.24. The van der Waals surface area contributed by atoms with Gasteiger partial charge in [0.05, 0.1) is 12.7 Å². The van der Waals surface area contributed by atoms with E-state index in [2.05, 4.69) is 18.7 Å². The second kappa shape index (κ2) is 4.66. The molecule has 2 unspecified atom stereocenters. The van der Waals surface area contributed by atoms with Crippen LogP contribution in [-0.2, 0) is 4.74 Å². The van der Waals surface area contributed by atoms with Crippen LogP contribution >= 0.6 is 0 Å². The normalized spacial score (nSPS) is 25.5. The summed E-state index contributed by atoms with van der Waals surface area (Å²) in [5.74, 6) is 0. The summed E-state index contributed by atoms with van der Waals surface area (Å²) in [4.78, 5) is 13.2. The number of benzene rings is 1. The number of nitrogens with zero attached hydrogens (tertiary/aromatic N) is 1. The maximum Gasteiger partial charge on any atom is 0.152 e. The van der Waals surface area contributed by atoms with Crippen molar-refractivity contribution in [3.63, 3.8) is 0 Å². The average Bonchev–Trinajstić information content (AvgIpc) is 2.32. The average molecular weight is 219 g/mol. The fraction of sp³-hybridized carbons (Fsp3) is 0.462. The highest BCUT2D eigenvalue weighted by molar-refractivity contribution is 5.84. The van der Waals surface area contributed by atoms with E-state index in [1.54, 1.807) is 0 Å². The van der Waals surface area contributed by atoms with Gasteiger partial charge in [0.2, 0.25) is 0 Å². The molecule has 1 aromatic rings. The quantitative estimate of drug-likeness (QED) is 0.713. The van der Waals surface area contributed by atoms with Gasteiger partial charge in [0.25, 0.3) is 0 Å². The molecule has 1 aliphatic rings. The molecular formula is C13H17NO2. The first-order valence-corrected chi connectivity index (χ1v) is 5.65. The van der Waals surface area contributed by atoms with Gasteiger partial charge in [-0.05, 0) is 26.0 Å². The molecule has 0 amide bonds. The number of hydrogen-bond acceptors (Lipinski definition) is 3. The smallest absolute Gasteiger partial charge is 0.152 e. The van der Waals surface area contributed by atoms with Crippen molar-refractivity contribution in [2.75, 3.05) is 18.1 Å². The van der Waals surface area contributed by atoms with Gasteiger partial charge in [-0.1, -0.05) is 12.1 Å². The van der Waals surface area contributed by atoms with Crippen molar-refractivity contribution in [1.29, 1.82) is 0 Å². The zero-order valence-corrected chi connectivity index (χ0v) is 9.72. The van der Waals surface area contributed by atoms with E-state index in [4.69, 9.17) is 4.74 Å². The summed E-state index contributed by atoms with van der Waals surface area (Å²) in [5.41, 5.74) is 1.77. The van der Waals surface area contributed by atoms with E-state index in [0.717, 1.165) is 24.1 Å². The van der Waals surface area contributed by atoms with Crippen LogP contribution < -0.4 is 4.90 Å². The fourth-order valence-corrected chi connectivity index (χ4v) is 2.09. The number of hydrogen-bond donors (Lipinski definition) is 0. The molecule has 1 heterocycles. The molecule has 3 nitrogen and oxygen atoms in total. The fourth-order valence-electron chi connectivity index (χ4n) is 2.09. The van der Waals surface area contributed by atoms with Crippen LogP contribution in [0.1, 0.15) is 24.2 Å². The molecular weight excluding hydrogens is 202 g/mol. The number of ether oxygens (including phenoxy) is 1. The van der Waals surface area contributed by atoms with Crippen molar-refractivity contribution < 1.29 is 9.53 Å². The first kappa shape index (κ1) is 11.1. The Labute approximate surface area is 96.0 Å². The topological polar surface area (TPSA) is 29.5 Å². The minimum atomic E-state index is 0.218. The molecule has 1 aliphatic heterocycles. The predicted octanol–water partition coefficient (Wildman–Crippen LogP) is 2.11. The number of anilines is 1. The lowest BCUT2D eigenvalue weighted by Crippen LogP contribution is -2.47. The number of aldehydes is 1. The first-order chi connectivity index (χ1) is 7.72. The molecule has 0 bridgehead atoms.